The summed E-state index contributed by atoms with van der Waals surface area (Å²) in [6.45, 7) is 0.388. The van der Waals surface area contributed by atoms with E-state index in [1.807, 2.05) is 0 Å². The molecule has 33 heavy (non-hydrogen) atoms. The third kappa shape index (κ3) is 6.10. The summed E-state index contributed by atoms with van der Waals surface area (Å²) in [6.07, 6.45) is 0.892. The Morgan fingerprint density at radius 2 is 1.55 bits per heavy atom. The smallest absolute Gasteiger partial charge is 0.189 e. The van der Waals surface area contributed by atoms with Gasteiger partial charge >= 0.3 is 0 Å². The molecule has 8 heteroatoms. The lowest BCUT2D eigenvalue weighted by molar-refractivity contribution is -0.0169. The van der Waals surface area contributed by atoms with Gasteiger partial charge in [-0.2, -0.15) is 0 Å². The summed E-state index contributed by atoms with van der Waals surface area (Å²) >= 11 is 6.16. The summed E-state index contributed by atoms with van der Waals surface area (Å²) in [5.74, 6) is -0.587. The van der Waals surface area contributed by atoms with Crippen LogP contribution in [0.4, 0.5) is 8.78 Å². The lowest BCUT2D eigenvalue weighted by Gasteiger charge is -2.21. The van der Waals surface area contributed by atoms with Crippen LogP contribution in [0.15, 0.2) is 60.7 Å². The van der Waals surface area contributed by atoms with Crippen molar-refractivity contribution < 1.29 is 26.7 Å². The van der Waals surface area contributed by atoms with Crippen LogP contribution in [0.1, 0.15) is 41.0 Å². The number of sulfone groups is 1. The second kappa shape index (κ2) is 10.2. The van der Waals surface area contributed by atoms with Gasteiger partial charge in [0.2, 0.25) is 0 Å². The van der Waals surface area contributed by atoms with Gasteiger partial charge in [0.05, 0.1) is 18.1 Å². The van der Waals surface area contributed by atoms with Gasteiger partial charge in [0.1, 0.15) is 17.4 Å². The quantitative estimate of drug-likeness (QED) is 0.386. The van der Waals surface area contributed by atoms with E-state index in [-0.39, 0.29) is 35.9 Å². The molecular weight excluding hydrogens is 470 g/mol. The Balaban J connectivity index is 1.48. The number of hydrogen-bond acceptors (Lipinski definition) is 4. The molecule has 0 amide bonds. The Morgan fingerprint density at radius 3 is 2.15 bits per heavy atom. The molecule has 0 radical (unpaired) electrons. The van der Waals surface area contributed by atoms with Crippen molar-refractivity contribution in [1.29, 1.82) is 0 Å². The molecule has 0 bridgehead atoms. The van der Waals surface area contributed by atoms with Gasteiger partial charge in [0.25, 0.3) is 0 Å². The van der Waals surface area contributed by atoms with E-state index in [4.69, 9.17) is 21.1 Å². The second-order valence-electron chi connectivity index (χ2n) is 8.05. The average Bonchev–Trinajstić information content (AvgIpc) is 2.78. The van der Waals surface area contributed by atoms with E-state index in [1.54, 1.807) is 36.4 Å². The van der Waals surface area contributed by atoms with Crippen LogP contribution in [-0.2, 0) is 26.9 Å². The van der Waals surface area contributed by atoms with Crippen LogP contribution in [0.5, 0.6) is 5.75 Å². The van der Waals surface area contributed by atoms with Crippen LogP contribution < -0.4 is 4.74 Å². The molecular formula is C25H23ClF2O4S. The minimum atomic E-state index is -3.46. The minimum absolute atomic E-state index is 0.0380. The summed E-state index contributed by atoms with van der Waals surface area (Å²) in [5.41, 5.74) is 2.94. The van der Waals surface area contributed by atoms with Gasteiger partial charge in [-0.05, 0) is 60.4 Å². The largest absolute Gasteiger partial charge is 0.467 e. The molecule has 0 saturated heterocycles. The monoisotopic (exact) mass is 492 g/mol. The molecule has 3 aromatic rings. The third-order valence-electron chi connectivity index (χ3n) is 5.62. The number of rotatable bonds is 8. The van der Waals surface area contributed by atoms with Crippen LogP contribution in [-0.4, -0.2) is 21.0 Å². The van der Waals surface area contributed by atoms with Crippen molar-refractivity contribution in [2.24, 2.45) is 0 Å². The zero-order chi connectivity index (χ0) is 23.4. The van der Waals surface area contributed by atoms with E-state index in [1.165, 1.54) is 24.3 Å². The minimum Gasteiger partial charge on any atom is -0.467 e. The summed E-state index contributed by atoms with van der Waals surface area (Å²) in [5, 5.41) is 0.431. The van der Waals surface area contributed by atoms with Crippen LogP contribution in [0, 0.1) is 11.6 Å². The Hall–Kier alpha value is -2.48. The Kier molecular flexibility index (Phi) is 7.32. The molecule has 4 nitrogen and oxygen atoms in total. The molecule has 1 heterocycles. The van der Waals surface area contributed by atoms with Gasteiger partial charge in [-0.25, -0.2) is 17.2 Å². The normalized spacial score (nSPS) is 13.6. The van der Waals surface area contributed by atoms with E-state index in [0.29, 0.717) is 35.8 Å². The van der Waals surface area contributed by atoms with Gasteiger partial charge in [-0.15, -0.1) is 0 Å². The van der Waals surface area contributed by atoms with Gasteiger partial charge in [0.15, 0.2) is 16.6 Å². The van der Waals surface area contributed by atoms with Gasteiger partial charge in [-0.1, -0.05) is 35.9 Å². The molecule has 1 aliphatic rings. The van der Waals surface area contributed by atoms with Gasteiger partial charge in [0, 0.05) is 22.1 Å². The summed E-state index contributed by atoms with van der Waals surface area (Å²) in [6, 6.07) is 15.5. The highest BCUT2D eigenvalue weighted by atomic mass is 35.5. The SMILES string of the molecule is O=S(=O)(CCCC(c1ccc(F)cc1)c1ccc(F)cc1)Cc1cc(Cl)cc2c1OCOC2. The van der Waals surface area contributed by atoms with Crippen molar-refractivity contribution >= 4 is 21.4 Å². The van der Waals surface area contributed by atoms with E-state index in [0.717, 1.165) is 16.7 Å². The first-order valence-corrected chi connectivity index (χ1v) is 12.7. The number of ether oxygens (including phenoxy) is 2. The van der Waals surface area contributed by atoms with Crippen molar-refractivity contribution in [1.82, 2.24) is 0 Å². The first kappa shape index (κ1) is 23.7. The molecule has 174 valence electrons. The maximum absolute atomic E-state index is 13.4. The zero-order valence-electron chi connectivity index (χ0n) is 17.8. The van der Waals surface area contributed by atoms with Crippen LogP contribution in [0.3, 0.4) is 0 Å². The first-order valence-electron chi connectivity index (χ1n) is 10.5. The molecule has 3 aromatic carbocycles. The van der Waals surface area contributed by atoms with Gasteiger partial charge in [-0.3, -0.25) is 0 Å². The summed E-state index contributed by atoms with van der Waals surface area (Å²) in [7, 11) is -3.46. The number of fused-ring (bicyclic) bond motifs is 1. The zero-order valence-corrected chi connectivity index (χ0v) is 19.3. The highest BCUT2D eigenvalue weighted by Gasteiger charge is 2.22. The first-order chi connectivity index (χ1) is 15.8. The van der Waals surface area contributed by atoms with E-state index in [9.17, 15) is 17.2 Å². The third-order valence-corrected chi connectivity index (χ3v) is 7.50. The van der Waals surface area contributed by atoms with Crippen molar-refractivity contribution in [2.45, 2.75) is 31.1 Å². The van der Waals surface area contributed by atoms with E-state index >= 15 is 0 Å². The van der Waals surface area contributed by atoms with Crippen molar-refractivity contribution in [3.8, 4) is 5.75 Å². The van der Waals surface area contributed by atoms with E-state index in [2.05, 4.69) is 0 Å². The predicted molar refractivity (Wildman–Crippen MR) is 123 cm³/mol. The van der Waals surface area contributed by atoms with Crippen molar-refractivity contribution in [3.63, 3.8) is 0 Å². The Labute approximate surface area is 197 Å². The number of hydrogen-bond donors (Lipinski definition) is 0. The Morgan fingerprint density at radius 1 is 0.939 bits per heavy atom. The average molecular weight is 493 g/mol. The van der Waals surface area contributed by atoms with Crippen LogP contribution >= 0.6 is 11.6 Å². The highest BCUT2D eigenvalue weighted by Crippen LogP contribution is 2.34. The summed E-state index contributed by atoms with van der Waals surface area (Å²) in [4.78, 5) is 0. The molecule has 0 aliphatic carbocycles. The highest BCUT2D eigenvalue weighted by molar-refractivity contribution is 7.90. The fraction of sp³-hybridized carbons (Fsp3) is 0.280. The fourth-order valence-electron chi connectivity index (χ4n) is 4.10. The number of benzene rings is 3. The Bertz CT molecular complexity index is 1170. The lowest BCUT2D eigenvalue weighted by Crippen LogP contribution is -2.16. The van der Waals surface area contributed by atoms with Crippen LogP contribution in [0.2, 0.25) is 5.02 Å². The van der Waals surface area contributed by atoms with Crippen molar-refractivity contribution in [3.05, 3.63) is 99.6 Å². The maximum atomic E-state index is 13.4. The topological polar surface area (TPSA) is 52.6 Å². The van der Waals surface area contributed by atoms with E-state index < -0.39 is 9.84 Å². The molecule has 0 N–H and O–H groups in total. The molecule has 0 aromatic heterocycles. The standard InChI is InChI=1S/C25H23ClF2O4S/c26-21-12-19-14-31-16-32-25(19)20(13-21)15-33(29,30)11-1-2-24(17-3-7-22(27)8-4-17)18-5-9-23(28)10-6-18/h3-10,12-13,24H,1-2,11,14-16H2. The maximum Gasteiger partial charge on any atom is 0.189 e. The fourth-order valence-corrected chi connectivity index (χ4v) is 5.80. The number of halogens is 3. The lowest BCUT2D eigenvalue weighted by atomic mass is 9.88. The molecule has 0 unspecified atom stereocenters. The van der Waals surface area contributed by atoms with Gasteiger partial charge < -0.3 is 9.47 Å². The van der Waals surface area contributed by atoms with Crippen molar-refractivity contribution in [2.75, 3.05) is 12.5 Å². The molecule has 0 atom stereocenters. The summed E-state index contributed by atoms with van der Waals surface area (Å²) < 4.78 is 63.4. The molecule has 1 aliphatic heterocycles. The predicted octanol–water partition coefficient (Wildman–Crippen LogP) is 6.01. The van der Waals surface area contributed by atoms with Crippen LogP contribution in [0.25, 0.3) is 0 Å². The molecule has 0 fully saturated rings. The molecule has 0 saturated carbocycles. The molecule has 0 spiro atoms. The molecule has 4 rings (SSSR count). The second-order valence-corrected chi connectivity index (χ2v) is 10.7.